The Labute approximate surface area is 110 Å². The average molecular weight is 269 g/mol. The van der Waals surface area contributed by atoms with E-state index in [1.54, 1.807) is 11.9 Å². The summed E-state index contributed by atoms with van der Waals surface area (Å²) < 4.78 is 0.693. The average Bonchev–Trinajstić information content (AvgIpc) is 2.56. The van der Waals surface area contributed by atoms with Gasteiger partial charge < -0.3 is 9.88 Å². The second kappa shape index (κ2) is 5.94. The summed E-state index contributed by atoms with van der Waals surface area (Å²) in [5.74, 6) is 0.0149. The lowest BCUT2D eigenvalue weighted by molar-refractivity contribution is -0.130. The van der Waals surface area contributed by atoms with Gasteiger partial charge in [-0.15, -0.1) is 11.3 Å². The lowest BCUT2D eigenvalue weighted by Crippen LogP contribution is -2.35. The summed E-state index contributed by atoms with van der Waals surface area (Å²) in [7, 11) is 1.73. The molecule has 1 heterocycles. The first-order valence-corrected chi connectivity index (χ1v) is 6.49. The van der Waals surface area contributed by atoms with Crippen LogP contribution in [0, 0.1) is 22.2 Å². The minimum atomic E-state index is -0.0558. The molecule has 1 rings (SSSR count). The van der Waals surface area contributed by atoms with E-state index in [1.165, 1.54) is 11.3 Å². The molecule has 1 amide bonds. The van der Waals surface area contributed by atoms with Crippen LogP contribution in [-0.2, 0) is 11.2 Å². The van der Waals surface area contributed by atoms with Gasteiger partial charge in [0.15, 0.2) is 3.95 Å². The van der Waals surface area contributed by atoms with E-state index in [-0.39, 0.29) is 11.9 Å². The Morgan fingerprint density at radius 2 is 2.35 bits per heavy atom. The SMILES string of the molecule is Cc1[nH]c(=S)sc1CC(=O)N(C)C(C)CC#N. The molecular weight excluding hydrogens is 254 g/mol. The molecule has 0 saturated carbocycles. The largest absolute Gasteiger partial charge is 0.342 e. The van der Waals surface area contributed by atoms with E-state index in [1.807, 2.05) is 13.8 Å². The van der Waals surface area contributed by atoms with Crippen LogP contribution in [0.15, 0.2) is 0 Å². The second-order valence-corrected chi connectivity index (χ2v) is 5.73. The van der Waals surface area contributed by atoms with E-state index in [4.69, 9.17) is 17.5 Å². The van der Waals surface area contributed by atoms with Crippen LogP contribution in [0.25, 0.3) is 0 Å². The molecule has 1 aromatic rings. The maximum Gasteiger partial charge on any atom is 0.227 e. The Morgan fingerprint density at radius 1 is 1.71 bits per heavy atom. The molecule has 1 atom stereocenters. The van der Waals surface area contributed by atoms with Gasteiger partial charge in [0.05, 0.1) is 18.9 Å². The van der Waals surface area contributed by atoms with Crippen LogP contribution in [0.5, 0.6) is 0 Å². The summed E-state index contributed by atoms with van der Waals surface area (Å²) in [4.78, 5) is 17.6. The third kappa shape index (κ3) is 3.65. The number of nitrogens with one attached hydrogen (secondary N) is 1. The van der Waals surface area contributed by atoms with Crippen molar-refractivity contribution in [3.8, 4) is 6.07 Å². The van der Waals surface area contributed by atoms with Crippen LogP contribution in [0.3, 0.4) is 0 Å². The fourth-order valence-electron chi connectivity index (χ4n) is 1.38. The first kappa shape index (κ1) is 13.9. The number of likely N-dealkylation sites (N-methyl/N-ethyl adjacent to an activating group) is 1. The Hall–Kier alpha value is -1.19. The molecule has 17 heavy (non-hydrogen) atoms. The number of rotatable bonds is 4. The zero-order valence-corrected chi connectivity index (χ0v) is 11.7. The van der Waals surface area contributed by atoms with Gasteiger partial charge in [-0.25, -0.2) is 0 Å². The van der Waals surface area contributed by atoms with Crippen molar-refractivity contribution in [1.82, 2.24) is 9.88 Å². The number of amides is 1. The Kier molecular flexibility index (Phi) is 4.85. The Bertz CT molecular complexity index is 498. The third-order valence-electron chi connectivity index (χ3n) is 2.68. The summed E-state index contributed by atoms with van der Waals surface area (Å²) in [5.41, 5.74) is 0.953. The number of hydrogen-bond acceptors (Lipinski definition) is 4. The van der Waals surface area contributed by atoms with Gasteiger partial charge in [0.25, 0.3) is 0 Å². The Morgan fingerprint density at radius 3 is 2.82 bits per heavy atom. The molecule has 0 aliphatic heterocycles. The van der Waals surface area contributed by atoms with Crippen molar-refractivity contribution < 1.29 is 4.79 Å². The lowest BCUT2D eigenvalue weighted by atomic mass is 10.2. The van der Waals surface area contributed by atoms with Gasteiger partial charge in [-0.3, -0.25) is 4.79 Å². The topological polar surface area (TPSA) is 59.9 Å². The van der Waals surface area contributed by atoms with Gasteiger partial charge >= 0.3 is 0 Å². The first-order valence-electron chi connectivity index (χ1n) is 5.27. The van der Waals surface area contributed by atoms with E-state index in [0.29, 0.717) is 16.8 Å². The zero-order valence-electron chi connectivity index (χ0n) is 10.1. The van der Waals surface area contributed by atoms with Gasteiger partial charge in [0, 0.05) is 23.7 Å². The van der Waals surface area contributed by atoms with Gasteiger partial charge in [-0.1, -0.05) is 0 Å². The number of carbonyl (C=O) groups excluding carboxylic acids is 1. The van der Waals surface area contributed by atoms with Crippen molar-refractivity contribution in [3.63, 3.8) is 0 Å². The summed E-state index contributed by atoms with van der Waals surface area (Å²) in [6.45, 7) is 3.78. The van der Waals surface area contributed by atoms with Crippen molar-refractivity contribution in [1.29, 1.82) is 5.26 Å². The molecule has 0 aromatic carbocycles. The second-order valence-electron chi connectivity index (χ2n) is 3.96. The zero-order chi connectivity index (χ0) is 13.0. The highest BCUT2D eigenvalue weighted by Crippen LogP contribution is 2.16. The quantitative estimate of drug-likeness (QED) is 0.854. The molecule has 92 valence electrons. The van der Waals surface area contributed by atoms with E-state index >= 15 is 0 Å². The van der Waals surface area contributed by atoms with Gasteiger partial charge in [0.1, 0.15) is 0 Å². The predicted molar refractivity (Wildman–Crippen MR) is 70.4 cm³/mol. The van der Waals surface area contributed by atoms with Crippen LogP contribution in [0.2, 0.25) is 0 Å². The number of carbonyl (C=O) groups is 1. The molecule has 0 bridgehead atoms. The highest BCUT2D eigenvalue weighted by atomic mass is 32.1. The number of nitrogens with zero attached hydrogens (tertiary/aromatic N) is 2. The fourth-order valence-corrected chi connectivity index (χ4v) is 2.66. The van der Waals surface area contributed by atoms with E-state index in [9.17, 15) is 4.79 Å². The Balaban J connectivity index is 2.70. The first-order chi connectivity index (χ1) is 7.95. The van der Waals surface area contributed by atoms with E-state index < -0.39 is 0 Å². The van der Waals surface area contributed by atoms with Crippen LogP contribution < -0.4 is 0 Å². The highest BCUT2D eigenvalue weighted by Gasteiger charge is 2.17. The number of thiazole rings is 1. The number of aromatic amines is 1. The summed E-state index contributed by atoms with van der Waals surface area (Å²) in [5, 5.41) is 8.60. The van der Waals surface area contributed by atoms with Crippen LogP contribution in [-0.4, -0.2) is 28.9 Å². The van der Waals surface area contributed by atoms with Crippen molar-refractivity contribution in [2.45, 2.75) is 32.7 Å². The minimum absolute atomic E-state index is 0.0149. The van der Waals surface area contributed by atoms with Crippen molar-refractivity contribution in [3.05, 3.63) is 14.5 Å². The molecule has 1 aromatic heterocycles. The molecule has 0 fully saturated rings. The van der Waals surface area contributed by atoms with E-state index in [2.05, 4.69) is 11.1 Å². The van der Waals surface area contributed by atoms with E-state index in [0.717, 1.165) is 10.6 Å². The van der Waals surface area contributed by atoms with Crippen molar-refractivity contribution in [2.75, 3.05) is 7.05 Å². The van der Waals surface area contributed by atoms with Gasteiger partial charge in [-0.2, -0.15) is 5.26 Å². The summed E-state index contributed by atoms with van der Waals surface area (Å²) >= 11 is 6.46. The number of nitriles is 1. The predicted octanol–water partition coefficient (Wildman–Crippen LogP) is 2.42. The molecule has 6 heteroatoms. The lowest BCUT2D eigenvalue weighted by Gasteiger charge is -2.22. The van der Waals surface area contributed by atoms with Crippen molar-refractivity contribution >= 4 is 29.5 Å². The van der Waals surface area contributed by atoms with Crippen LogP contribution in [0.1, 0.15) is 23.9 Å². The monoisotopic (exact) mass is 269 g/mol. The molecule has 0 spiro atoms. The van der Waals surface area contributed by atoms with Gasteiger partial charge in [0.2, 0.25) is 5.91 Å². The normalized spacial score (nSPS) is 11.9. The molecule has 0 radical (unpaired) electrons. The third-order valence-corrected chi connectivity index (χ3v) is 4.01. The molecule has 4 nitrogen and oxygen atoms in total. The number of aromatic nitrogens is 1. The number of hydrogen-bond donors (Lipinski definition) is 1. The molecular formula is C11H15N3OS2. The standard InChI is InChI=1S/C11H15N3OS2/c1-7(4-5-12)14(3)10(15)6-9-8(2)13-11(16)17-9/h7H,4,6H2,1-3H3,(H,13,16). The maximum atomic E-state index is 12.0. The molecule has 0 saturated heterocycles. The molecule has 0 aliphatic rings. The number of H-pyrrole nitrogens is 1. The van der Waals surface area contributed by atoms with Crippen LogP contribution in [0.4, 0.5) is 0 Å². The number of aryl methyl sites for hydroxylation is 1. The highest BCUT2D eigenvalue weighted by molar-refractivity contribution is 7.73. The summed E-state index contributed by atoms with van der Waals surface area (Å²) in [6, 6.07) is 2.01. The minimum Gasteiger partial charge on any atom is -0.342 e. The van der Waals surface area contributed by atoms with Gasteiger partial charge in [-0.05, 0) is 26.1 Å². The van der Waals surface area contributed by atoms with Crippen LogP contribution >= 0.6 is 23.6 Å². The molecule has 1 unspecified atom stereocenters. The van der Waals surface area contributed by atoms with Crippen molar-refractivity contribution in [2.24, 2.45) is 0 Å². The molecule has 0 aliphatic carbocycles. The molecule has 1 N–H and O–H groups in total. The maximum absolute atomic E-state index is 12.0. The smallest absolute Gasteiger partial charge is 0.227 e. The fraction of sp³-hybridized carbons (Fsp3) is 0.545. The summed E-state index contributed by atoms with van der Waals surface area (Å²) in [6.07, 6.45) is 0.694.